The summed E-state index contributed by atoms with van der Waals surface area (Å²) in [5, 5.41) is 19.5. The maximum absolute atomic E-state index is 10.6. The molecule has 25 heavy (non-hydrogen) atoms. The number of rotatable bonds is 4. The molecule has 0 aliphatic carbocycles. The number of aliphatic hydroxyl groups is 1. The van der Waals surface area contributed by atoms with E-state index >= 15 is 0 Å². The van der Waals surface area contributed by atoms with Crippen LogP contribution in [0.3, 0.4) is 0 Å². The second kappa shape index (κ2) is 6.32. The molecule has 0 aromatic carbocycles. The average Bonchev–Trinajstić information content (AvgIpc) is 3.24. The van der Waals surface area contributed by atoms with E-state index < -0.39 is 6.10 Å². The van der Waals surface area contributed by atoms with E-state index in [0.717, 1.165) is 16.0 Å². The Hall–Kier alpha value is -2.10. The largest absolute Gasteiger partial charge is 0.424 e. The van der Waals surface area contributed by atoms with E-state index in [1.165, 1.54) is 4.88 Å². The number of β-amino-alcohol motifs (C(OH)–C–C–N with tert-alkyl or cyclic N) is 1. The molecule has 0 unspecified atom stereocenters. The van der Waals surface area contributed by atoms with Crippen LogP contribution in [0.15, 0.2) is 16.8 Å². The van der Waals surface area contributed by atoms with Crippen molar-refractivity contribution in [2.45, 2.75) is 32.5 Å². The third-order valence-electron chi connectivity index (χ3n) is 4.51. The Bertz CT molecular complexity index is 894. The fraction of sp³-hybridized carbons (Fsp3) is 0.500. The minimum atomic E-state index is -0.473. The molecule has 1 aliphatic heterocycles. The first-order valence-corrected chi connectivity index (χ1v) is 8.96. The molecule has 1 aliphatic rings. The zero-order chi connectivity index (χ0) is 17.6. The van der Waals surface area contributed by atoms with Gasteiger partial charge in [-0.15, -0.1) is 21.5 Å². The molecule has 1 fully saturated rings. The smallest absolute Gasteiger partial charge is 0.230 e. The highest BCUT2D eigenvalue weighted by Gasteiger charge is 2.36. The van der Waals surface area contributed by atoms with Crippen LogP contribution in [-0.4, -0.2) is 62.5 Å². The first kappa shape index (κ1) is 16.4. The number of nitrogens with zero attached hydrogens (tertiary/aromatic N) is 6. The fourth-order valence-electron chi connectivity index (χ4n) is 3.32. The minimum absolute atomic E-state index is 0.0306. The number of anilines is 1. The Morgan fingerprint density at radius 3 is 2.92 bits per heavy atom. The molecule has 3 aromatic rings. The van der Waals surface area contributed by atoms with Gasteiger partial charge in [-0.05, 0) is 20.0 Å². The number of hydrogen-bond donors (Lipinski definition) is 1. The highest BCUT2D eigenvalue weighted by Crippen LogP contribution is 2.32. The topological polar surface area (TPSA) is 91.4 Å². The first-order chi connectivity index (χ1) is 12.0. The highest BCUT2D eigenvalue weighted by molar-refractivity contribution is 7.18. The summed E-state index contributed by atoms with van der Waals surface area (Å²) < 4.78 is 5.44. The third kappa shape index (κ3) is 3.10. The second-order valence-electron chi connectivity index (χ2n) is 6.44. The predicted octanol–water partition coefficient (Wildman–Crippen LogP) is 1.37. The molecule has 9 heteroatoms. The van der Waals surface area contributed by atoms with E-state index in [-0.39, 0.29) is 6.04 Å². The van der Waals surface area contributed by atoms with Crippen molar-refractivity contribution in [3.05, 3.63) is 29.1 Å². The summed E-state index contributed by atoms with van der Waals surface area (Å²) in [6, 6.07) is 2.08. The van der Waals surface area contributed by atoms with Crippen LogP contribution < -0.4 is 4.90 Å². The molecule has 2 atom stereocenters. The second-order valence-corrected chi connectivity index (χ2v) is 7.68. The molecule has 4 rings (SSSR count). The summed E-state index contributed by atoms with van der Waals surface area (Å²) in [7, 11) is 1.96. The Kier molecular flexibility index (Phi) is 4.14. The number of thiophene rings is 1. The van der Waals surface area contributed by atoms with Crippen LogP contribution >= 0.6 is 11.3 Å². The van der Waals surface area contributed by atoms with Gasteiger partial charge in [-0.2, -0.15) is 0 Å². The summed E-state index contributed by atoms with van der Waals surface area (Å²) in [5.41, 5.74) is 0. The van der Waals surface area contributed by atoms with E-state index in [1.54, 1.807) is 24.6 Å². The van der Waals surface area contributed by atoms with Crippen LogP contribution in [0.4, 0.5) is 5.82 Å². The van der Waals surface area contributed by atoms with Crippen molar-refractivity contribution in [3.63, 3.8) is 0 Å². The van der Waals surface area contributed by atoms with Gasteiger partial charge in [-0.3, -0.25) is 4.90 Å². The molecule has 0 radical (unpaired) electrons. The van der Waals surface area contributed by atoms with Gasteiger partial charge in [-0.25, -0.2) is 9.97 Å². The molecule has 4 heterocycles. The van der Waals surface area contributed by atoms with E-state index in [2.05, 4.69) is 43.0 Å². The van der Waals surface area contributed by atoms with Crippen molar-refractivity contribution in [2.24, 2.45) is 0 Å². The van der Waals surface area contributed by atoms with Crippen molar-refractivity contribution in [2.75, 3.05) is 25.0 Å². The summed E-state index contributed by atoms with van der Waals surface area (Å²) in [6.07, 6.45) is 1.12. The number of aliphatic hydroxyl groups excluding tert-OH is 1. The van der Waals surface area contributed by atoms with Crippen molar-refractivity contribution in [1.82, 2.24) is 25.1 Å². The maximum atomic E-state index is 10.6. The van der Waals surface area contributed by atoms with Crippen LogP contribution in [0.25, 0.3) is 10.2 Å². The summed E-state index contributed by atoms with van der Waals surface area (Å²) >= 11 is 1.66. The molecule has 0 bridgehead atoms. The molecule has 132 valence electrons. The number of fused-ring (bicyclic) bond motifs is 1. The van der Waals surface area contributed by atoms with E-state index in [4.69, 9.17) is 4.42 Å². The van der Waals surface area contributed by atoms with Crippen molar-refractivity contribution in [1.29, 1.82) is 0 Å². The summed E-state index contributed by atoms with van der Waals surface area (Å²) in [5.74, 6) is 2.00. The zero-order valence-corrected chi connectivity index (χ0v) is 15.2. The minimum Gasteiger partial charge on any atom is -0.424 e. The van der Waals surface area contributed by atoms with E-state index in [0.29, 0.717) is 31.4 Å². The predicted molar refractivity (Wildman–Crippen MR) is 94.7 cm³/mol. The van der Waals surface area contributed by atoms with E-state index in [9.17, 15) is 5.11 Å². The lowest BCUT2D eigenvalue weighted by atomic mass is 10.2. The van der Waals surface area contributed by atoms with Crippen molar-refractivity contribution in [3.8, 4) is 0 Å². The van der Waals surface area contributed by atoms with Crippen molar-refractivity contribution >= 4 is 27.4 Å². The molecular weight excluding hydrogens is 340 g/mol. The third-order valence-corrected chi connectivity index (χ3v) is 5.47. The SMILES string of the molecule is Cc1nnc(CN(C)[C@H]2CN(c3ncnc4sc(C)cc34)C[C@H]2O)o1. The number of likely N-dealkylation sites (N-methyl/N-ethyl adjacent to an activating group) is 1. The van der Waals surface area contributed by atoms with Gasteiger partial charge in [0.15, 0.2) is 0 Å². The lowest BCUT2D eigenvalue weighted by Crippen LogP contribution is -2.40. The quantitative estimate of drug-likeness (QED) is 0.746. The van der Waals surface area contributed by atoms with Crippen LogP contribution in [0.2, 0.25) is 0 Å². The van der Waals surface area contributed by atoms with Gasteiger partial charge in [0.25, 0.3) is 0 Å². The van der Waals surface area contributed by atoms with Gasteiger partial charge >= 0.3 is 0 Å². The van der Waals surface area contributed by atoms with Crippen LogP contribution in [-0.2, 0) is 6.54 Å². The lowest BCUT2D eigenvalue weighted by Gasteiger charge is -2.25. The Balaban J connectivity index is 1.54. The Morgan fingerprint density at radius 1 is 1.32 bits per heavy atom. The molecule has 8 nitrogen and oxygen atoms in total. The molecule has 3 aromatic heterocycles. The Morgan fingerprint density at radius 2 is 2.16 bits per heavy atom. The normalized spacial score (nSPS) is 20.9. The van der Waals surface area contributed by atoms with E-state index in [1.807, 2.05) is 7.05 Å². The molecule has 1 N–H and O–H groups in total. The van der Waals surface area contributed by atoms with Crippen LogP contribution in [0, 0.1) is 13.8 Å². The van der Waals surface area contributed by atoms with Gasteiger partial charge in [0.1, 0.15) is 17.0 Å². The highest BCUT2D eigenvalue weighted by atomic mass is 32.1. The zero-order valence-electron chi connectivity index (χ0n) is 14.4. The van der Waals surface area contributed by atoms with Crippen LogP contribution in [0.5, 0.6) is 0 Å². The fourth-order valence-corrected chi connectivity index (χ4v) is 4.16. The lowest BCUT2D eigenvalue weighted by molar-refractivity contribution is 0.0903. The molecule has 0 saturated carbocycles. The van der Waals surface area contributed by atoms with Gasteiger partial charge in [-0.1, -0.05) is 0 Å². The number of aromatic nitrogens is 4. The summed E-state index contributed by atoms with van der Waals surface area (Å²) in [4.78, 5) is 15.2. The van der Waals surface area contributed by atoms with Crippen LogP contribution in [0.1, 0.15) is 16.7 Å². The standard InChI is InChI=1S/C16H20N6O2S/c1-9-4-11-15(17-8-18-16(11)25-9)22-5-12(13(23)6-22)21(3)7-14-20-19-10(2)24-14/h4,8,12-13,23H,5-7H2,1-3H3/t12-,13+/m0/s1. The average molecular weight is 360 g/mol. The molecular formula is C16H20N6O2S. The first-order valence-electron chi connectivity index (χ1n) is 8.14. The molecule has 0 spiro atoms. The molecule has 1 saturated heterocycles. The van der Waals surface area contributed by atoms with Gasteiger partial charge in [0.05, 0.1) is 24.1 Å². The monoisotopic (exact) mass is 360 g/mol. The van der Waals surface area contributed by atoms with Crippen molar-refractivity contribution < 1.29 is 9.52 Å². The molecule has 0 amide bonds. The number of aryl methyl sites for hydroxylation is 2. The van der Waals surface area contributed by atoms with Gasteiger partial charge < -0.3 is 14.4 Å². The van der Waals surface area contributed by atoms with Gasteiger partial charge in [0, 0.05) is 24.9 Å². The van der Waals surface area contributed by atoms with Gasteiger partial charge in [0.2, 0.25) is 11.8 Å². The summed E-state index contributed by atoms with van der Waals surface area (Å²) in [6.45, 7) is 5.57. The maximum Gasteiger partial charge on any atom is 0.230 e. The Labute approximate surface area is 149 Å². The number of hydrogen-bond acceptors (Lipinski definition) is 9.